The van der Waals surface area contributed by atoms with Crippen LogP contribution in [-0.2, 0) is 6.42 Å². The fourth-order valence-electron chi connectivity index (χ4n) is 6.31. The molecule has 2 fully saturated rings. The summed E-state index contributed by atoms with van der Waals surface area (Å²) in [6, 6.07) is 4.42. The normalized spacial score (nSPS) is 40.2. The Morgan fingerprint density at radius 3 is 2.75 bits per heavy atom. The van der Waals surface area contributed by atoms with Crippen LogP contribution in [0.4, 0.5) is 0 Å². The van der Waals surface area contributed by atoms with Crippen molar-refractivity contribution in [1.29, 1.82) is 0 Å². The van der Waals surface area contributed by atoms with Crippen molar-refractivity contribution in [3.05, 3.63) is 28.8 Å². The number of methoxy groups -OCH3 is 1. The van der Waals surface area contributed by atoms with E-state index in [1.807, 2.05) is 0 Å². The van der Waals surface area contributed by atoms with Crippen LogP contribution >= 0.6 is 0 Å². The molecule has 128 valence electrons. The minimum absolute atomic E-state index is 0.110. The molecule has 3 aliphatic carbocycles. The van der Waals surface area contributed by atoms with Crippen molar-refractivity contribution >= 4 is 0 Å². The van der Waals surface area contributed by atoms with Gasteiger partial charge in [0.15, 0.2) is 0 Å². The maximum atomic E-state index is 11.0. The van der Waals surface area contributed by atoms with Gasteiger partial charge in [0.05, 0.1) is 7.11 Å². The van der Waals surface area contributed by atoms with E-state index in [4.69, 9.17) is 11.2 Å². The second-order valence-electron chi connectivity index (χ2n) is 8.43. The number of hydrogen-bond donors (Lipinski definition) is 1. The van der Waals surface area contributed by atoms with E-state index in [1.54, 1.807) is 12.7 Å². The SMILES string of the molecule is C#CC1(O)CCC2C3CCc4cc(OC)cc(C)c4C3CCC21C. The van der Waals surface area contributed by atoms with E-state index in [2.05, 4.69) is 31.9 Å². The first-order valence-electron chi connectivity index (χ1n) is 9.31. The van der Waals surface area contributed by atoms with Crippen molar-refractivity contribution in [2.75, 3.05) is 7.11 Å². The molecule has 3 aliphatic rings. The van der Waals surface area contributed by atoms with Crippen molar-refractivity contribution in [2.24, 2.45) is 17.3 Å². The number of fused-ring (bicyclic) bond motifs is 5. The lowest BCUT2D eigenvalue weighted by atomic mass is 9.53. The van der Waals surface area contributed by atoms with Crippen LogP contribution in [0.25, 0.3) is 0 Å². The van der Waals surface area contributed by atoms with Crippen molar-refractivity contribution in [3.8, 4) is 18.1 Å². The molecule has 1 aromatic rings. The topological polar surface area (TPSA) is 29.5 Å². The molecule has 0 aromatic heterocycles. The van der Waals surface area contributed by atoms with E-state index >= 15 is 0 Å². The minimum Gasteiger partial charge on any atom is -0.497 e. The first-order valence-corrected chi connectivity index (χ1v) is 9.31. The van der Waals surface area contributed by atoms with E-state index in [1.165, 1.54) is 17.5 Å². The van der Waals surface area contributed by atoms with Gasteiger partial charge in [0.25, 0.3) is 0 Å². The predicted octanol–water partition coefficient (Wildman–Crippen LogP) is 4.22. The molecule has 1 aromatic carbocycles. The number of rotatable bonds is 1. The van der Waals surface area contributed by atoms with Gasteiger partial charge in [-0.3, -0.25) is 0 Å². The van der Waals surface area contributed by atoms with Gasteiger partial charge < -0.3 is 9.84 Å². The summed E-state index contributed by atoms with van der Waals surface area (Å²) in [6.45, 7) is 4.47. The lowest BCUT2D eigenvalue weighted by Gasteiger charge is -2.52. The van der Waals surface area contributed by atoms with Gasteiger partial charge in [-0.05, 0) is 92.0 Å². The molecule has 1 N–H and O–H groups in total. The zero-order chi connectivity index (χ0) is 17.1. The average Bonchev–Trinajstić information content (AvgIpc) is 2.86. The highest BCUT2D eigenvalue weighted by Gasteiger charge is 2.61. The Hall–Kier alpha value is -1.46. The maximum absolute atomic E-state index is 11.0. The highest BCUT2D eigenvalue weighted by atomic mass is 16.5. The molecule has 0 heterocycles. The van der Waals surface area contributed by atoms with Gasteiger partial charge in [-0.15, -0.1) is 6.42 Å². The standard InChI is InChI=1S/C22H28O2/c1-5-22(23)11-9-19-17-7-6-15-13-16(24-4)12-14(2)20(15)18(17)8-10-21(19,22)3/h1,12-13,17-19,23H,6-11H2,2-4H3. The van der Waals surface area contributed by atoms with Gasteiger partial charge in [-0.25, -0.2) is 0 Å². The van der Waals surface area contributed by atoms with E-state index in [-0.39, 0.29) is 5.41 Å². The molecule has 0 spiro atoms. The van der Waals surface area contributed by atoms with Crippen molar-refractivity contribution < 1.29 is 9.84 Å². The molecule has 0 aliphatic heterocycles. The summed E-state index contributed by atoms with van der Waals surface area (Å²) >= 11 is 0. The summed E-state index contributed by atoms with van der Waals surface area (Å²) in [5.74, 6) is 5.57. The third kappa shape index (κ3) is 1.94. The molecule has 24 heavy (non-hydrogen) atoms. The van der Waals surface area contributed by atoms with E-state index in [0.29, 0.717) is 17.8 Å². The third-order valence-electron chi connectivity index (χ3n) is 7.63. The summed E-state index contributed by atoms with van der Waals surface area (Å²) in [5, 5.41) is 11.0. The molecular formula is C22H28O2. The molecule has 5 unspecified atom stereocenters. The summed E-state index contributed by atoms with van der Waals surface area (Å²) in [6.07, 6.45) is 12.1. The zero-order valence-corrected chi connectivity index (χ0v) is 15.1. The summed E-state index contributed by atoms with van der Waals surface area (Å²) in [4.78, 5) is 0. The average molecular weight is 324 g/mol. The number of aliphatic hydroxyl groups is 1. The molecule has 0 radical (unpaired) electrons. The van der Waals surface area contributed by atoms with Gasteiger partial charge in [0, 0.05) is 5.41 Å². The van der Waals surface area contributed by atoms with Crippen LogP contribution in [0.1, 0.15) is 61.6 Å². The van der Waals surface area contributed by atoms with Crippen LogP contribution in [0, 0.1) is 36.5 Å². The Kier molecular flexibility index (Phi) is 3.52. The molecule has 0 bridgehead atoms. The molecule has 2 heteroatoms. The smallest absolute Gasteiger partial charge is 0.130 e. The first-order chi connectivity index (χ1) is 11.4. The monoisotopic (exact) mass is 324 g/mol. The van der Waals surface area contributed by atoms with Crippen LogP contribution in [-0.4, -0.2) is 17.8 Å². The van der Waals surface area contributed by atoms with E-state index in [0.717, 1.165) is 37.9 Å². The van der Waals surface area contributed by atoms with Crippen LogP contribution in [0.15, 0.2) is 12.1 Å². The Morgan fingerprint density at radius 1 is 1.25 bits per heavy atom. The van der Waals surface area contributed by atoms with Gasteiger partial charge in [0.2, 0.25) is 0 Å². The zero-order valence-electron chi connectivity index (χ0n) is 15.1. The number of terminal acetylenes is 1. The Balaban J connectivity index is 1.74. The molecule has 5 atom stereocenters. The van der Waals surface area contributed by atoms with Crippen molar-refractivity contribution in [3.63, 3.8) is 0 Å². The van der Waals surface area contributed by atoms with Crippen molar-refractivity contribution in [1.82, 2.24) is 0 Å². The summed E-state index contributed by atoms with van der Waals surface area (Å²) in [7, 11) is 1.75. The predicted molar refractivity (Wildman–Crippen MR) is 96.1 cm³/mol. The highest BCUT2D eigenvalue weighted by Crippen LogP contribution is 2.64. The van der Waals surface area contributed by atoms with Crippen LogP contribution in [0.3, 0.4) is 0 Å². The fraction of sp³-hybridized carbons (Fsp3) is 0.636. The number of aryl methyl sites for hydroxylation is 2. The molecule has 4 rings (SSSR count). The highest BCUT2D eigenvalue weighted by molar-refractivity contribution is 5.46. The molecular weight excluding hydrogens is 296 g/mol. The quantitative estimate of drug-likeness (QED) is 0.784. The van der Waals surface area contributed by atoms with Gasteiger partial charge in [-0.2, -0.15) is 0 Å². The fourth-order valence-corrected chi connectivity index (χ4v) is 6.31. The molecule has 2 saturated carbocycles. The minimum atomic E-state index is -0.905. The Morgan fingerprint density at radius 2 is 2.04 bits per heavy atom. The van der Waals surface area contributed by atoms with Crippen LogP contribution in [0.2, 0.25) is 0 Å². The Bertz CT molecular complexity index is 715. The molecule has 0 saturated heterocycles. The number of benzene rings is 1. The van der Waals surface area contributed by atoms with Crippen LogP contribution < -0.4 is 4.74 Å². The van der Waals surface area contributed by atoms with Gasteiger partial charge in [-0.1, -0.05) is 12.8 Å². The van der Waals surface area contributed by atoms with Crippen LogP contribution in [0.5, 0.6) is 5.75 Å². The number of hydrogen-bond acceptors (Lipinski definition) is 2. The summed E-state index contributed by atoms with van der Waals surface area (Å²) in [5.41, 5.74) is 3.39. The lowest BCUT2D eigenvalue weighted by Crippen LogP contribution is -2.50. The second-order valence-corrected chi connectivity index (χ2v) is 8.43. The third-order valence-corrected chi connectivity index (χ3v) is 7.63. The van der Waals surface area contributed by atoms with E-state index in [9.17, 15) is 5.11 Å². The molecule has 2 nitrogen and oxygen atoms in total. The molecule has 0 amide bonds. The van der Waals surface area contributed by atoms with Gasteiger partial charge >= 0.3 is 0 Å². The largest absolute Gasteiger partial charge is 0.497 e. The maximum Gasteiger partial charge on any atom is 0.130 e. The lowest BCUT2D eigenvalue weighted by molar-refractivity contribution is -0.0647. The second kappa shape index (κ2) is 5.27. The first kappa shape index (κ1) is 16.0. The Labute approximate surface area is 145 Å². The number of ether oxygens (including phenoxy) is 1. The van der Waals surface area contributed by atoms with Crippen molar-refractivity contribution in [2.45, 2.75) is 63.9 Å². The van der Waals surface area contributed by atoms with E-state index < -0.39 is 5.60 Å². The van der Waals surface area contributed by atoms with Gasteiger partial charge in [0.1, 0.15) is 11.4 Å². The summed E-state index contributed by atoms with van der Waals surface area (Å²) < 4.78 is 5.47.